The molecule has 4 rings (SSSR count). The van der Waals surface area contributed by atoms with Crippen LogP contribution in [0.1, 0.15) is 65.2 Å². The van der Waals surface area contributed by atoms with Crippen molar-refractivity contribution < 1.29 is 9.90 Å². The molecule has 116 valence electrons. The van der Waals surface area contributed by atoms with Gasteiger partial charge in [0.1, 0.15) is 0 Å². The van der Waals surface area contributed by atoms with E-state index in [0.29, 0.717) is 11.7 Å². The molecule has 0 spiro atoms. The summed E-state index contributed by atoms with van der Waals surface area (Å²) < 4.78 is 0. The highest BCUT2D eigenvalue weighted by molar-refractivity contribution is 5.91. The van der Waals surface area contributed by atoms with E-state index in [-0.39, 0.29) is 16.9 Å². The quantitative estimate of drug-likeness (QED) is 0.688. The number of ketones is 1. The van der Waals surface area contributed by atoms with Crippen molar-refractivity contribution in [2.24, 2.45) is 28.6 Å². The SMILES string of the molecule is C[C@]12CC[C@H]3[C@@H](CCC4=[13CH][13C](=O)[13CH2][13CH2][13C@@]43[13CH3])[C@@H]1CC[C@@H]2O. The van der Waals surface area contributed by atoms with Gasteiger partial charge >= 0.3 is 0 Å². The molecule has 0 aliphatic heterocycles. The molecule has 6 atom stereocenters. The van der Waals surface area contributed by atoms with Gasteiger partial charge in [-0.2, -0.15) is 0 Å². The monoisotopic (exact) mass is 294 g/mol. The Morgan fingerprint density at radius 2 is 1.86 bits per heavy atom. The number of carbonyl (C=O) groups excluding carboxylic acids is 1. The summed E-state index contributed by atoms with van der Waals surface area (Å²) in [6.07, 6.45) is 10.7. The lowest BCUT2D eigenvalue weighted by Crippen LogP contribution is -2.51. The largest absolute Gasteiger partial charge is 0.393 e. The molecule has 21 heavy (non-hydrogen) atoms. The molecule has 0 aromatic carbocycles. The summed E-state index contributed by atoms with van der Waals surface area (Å²) in [5.74, 6) is 2.57. The van der Waals surface area contributed by atoms with E-state index < -0.39 is 0 Å². The van der Waals surface area contributed by atoms with Crippen LogP contribution in [0.2, 0.25) is 0 Å². The van der Waals surface area contributed by atoms with Gasteiger partial charge in [0, 0.05) is 6.42 Å². The zero-order valence-electron chi connectivity index (χ0n) is 13.4. The summed E-state index contributed by atoms with van der Waals surface area (Å²) in [5, 5.41) is 10.4. The van der Waals surface area contributed by atoms with E-state index in [1.165, 1.54) is 31.3 Å². The van der Waals surface area contributed by atoms with Gasteiger partial charge in [-0.25, -0.2) is 0 Å². The van der Waals surface area contributed by atoms with Crippen LogP contribution in [0.3, 0.4) is 0 Å². The average Bonchev–Trinajstić information content (AvgIpc) is 2.76. The smallest absolute Gasteiger partial charge is 0.155 e. The van der Waals surface area contributed by atoms with Crippen LogP contribution in [0.25, 0.3) is 0 Å². The van der Waals surface area contributed by atoms with Gasteiger partial charge in [-0.1, -0.05) is 19.4 Å². The molecule has 0 heterocycles. The molecular weight excluding hydrogens is 266 g/mol. The zero-order chi connectivity index (χ0) is 14.8. The predicted molar refractivity (Wildman–Crippen MR) is 82.7 cm³/mol. The molecule has 2 heteroatoms. The fraction of sp³-hybridized carbons (Fsp3) is 0.842. The Morgan fingerprint density at radius 3 is 2.67 bits per heavy atom. The molecule has 3 saturated carbocycles. The van der Waals surface area contributed by atoms with Crippen molar-refractivity contribution in [1.82, 2.24) is 0 Å². The molecule has 0 aromatic rings. The highest BCUT2D eigenvalue weighted by Crippen LogP contribution is 2.65. The van der Waals surface area contributed by atoms with Crippen LogP contribution in [0.15, 0.2) is 11.6 Å². The number of fused-ring (bicyclic) bond motifs is 5. The molecule has 0 unspecified atom stereocenters. The van der Waals surface area contributed by atoms with Crippen LogP contribution in [0.5, 0.6) is 0 Å². The molecule has 1 N–H and O–H groups in total. The van der Waals surface area contributed by atoms with Crippen molar-refractivity contribution in [2.45, 2.75) is 71.3 Å². The van der Waals surface area contributed by atoms with Gasteiger partial charge in [-0.15, -0.1) is 0 Å². The van der Waals surface area contributed by atoms with E-state index in [2.05, 4.69) is 13.8 Å². The molecule has 0 aromatic heterocycles. The third-order valence-corrected chi connectivity index (χ3v) is 7.91. The Kier molecular flexibility index (Phi) is 2.96. The highest BCUT2D eigenvalue weighted by Gasteiger charge is 2.58. The van der Waals surface area contributed by atoms with E-state index in [9.17, 15) is 9.90 Å². The standard InChI is InChI=1S/C19H28O2/c1-18-9-7-13(20)11-12(18)3-4-14-15-5-6-17(21)19(15,2)10-8-16(14)18/h11,14-17,21H,3-10H2,1-2H3/t14-,15-,16-,17-,18-,19-/m0/s1/i1+1,7+1,9+1,11+1,13+1,18+1. The summed E-state index contributed by atoms with van der Waals surface area (Å²) in [7, 11) is 0. The number of allylic oxidation sites excluding steroid dienone is 1. The molecule has 4 aliphatic rings. The first-order valence-electron chi connectivity index (χ1n) is 8.87. The Labute approximate surface area is 128 Å². The van der Waals surface area contributed by atoms with E-state index in [1.54, 1.807) is 0 Å². The summed E-state index contributed by atoms with van der Waals surface area (Å²) in [6.45, 7) is 4.76. The van der Waals surface area contributed by atoms with Gasteiger partial charge in [-0.05, 0) is 79.6 Å². The van der Waals surface area contributed by atoms with Crippen molar-refractivity contribution in [3.8, 4) is 0 Å². The van der Waals surface area contributed by atoms with Crippen molar-refractivity contribution in [1.29, 1.82) is 0 Å². The summed E-state index contributed by atoms with van der Waals surface area (Å²) >= 11 is 0. The first kappa shape index (κ1) is 14.0. The lowest BCUT2D eigenvalue weighted by atomic mass is 9.57. The van der Waals surface area contributed by atoms with Gasteiger partial charge in [0.2, 0.25) is 0 Å². The molecular formula is C19H28O2. The second-order valence-corrected chi connectivity index (χ2v) is 8.61. The lowest BCUT2D eigenvalue weighted by Gasteiger charge is -2.57. The van der Waals surface area contributed by atoms with Gasteiger partial charge in [0.05, 0.1) is 6.10 Å². The average molecular weight is 294 g/mol. The van der Waals surface area contributed by atoms with E-state index in [1.807, 2.05) is 6.08 Å². The first-order valence-corrected chi connectivity index (χ1v) is 8.87. The lowest BCUT2D eigenvalue weighted by molar-refractivity contribution is -0.118. The third-order valence-electron chi connectivity index (χ3n) is 7.91. The van der Waals surface area contributed by atoms with Crippen LogP contribution in [-0.2, 0) is 4.79 Å². The maximum Gasteiger partial charge on any atom is 0.155 e. The predicted octanol–water partition coefficient (Wildman–Crippen LogP) is 3.88. The van der Waals surface area contributed by atoms with Crippen LogP contribution < -0.4 is 0 Å². The zero-order valence-corrected chi connectivity index (χ0v) is 13.4. The van der Waals surface area contributed by atoms with E-state index in [4.69, 9.17) is 0 Å². The Hall–Kier alpha value is -0.630. The number of aliphatic hydroxyl groups is 1. The number of carbonyl (C=O) groups is 1. The number of hydrogen-bond donors (Lipinski definition) is 1. The van der Waals surface area contributed by atoms with E-state index in [0.717, 1.165) is 37.5 Å². The van der Waals surface area contributed by atoms with Gasteiger partial charge in [0.15, 0.2) is 5.78 Å². The maximum absolute atomic E-state index is 11.8. The van der Waals surface area contributed by atoms with Crippen molar-refractivity contribution in [3.05, 3.63) is 11.6 Å². The Balaban J connectivity index is 1.69. The number of rotatable bonds is 0. The van der Waals surface area contributed by atoms with Gasteiger partial charge in [0.25, 0.3) is 0 Å². The molecule has 0 bridgehead atoms. The topological polar surface area (TPSA) is 37.3 Å². The second kappa shape index (κ2) is 4.44. The van der Waals surface area contributed by atoms with Crippen molar-refractivity contribution >= 4 is 5.78 Å². The Bertz CT molecular complexity index is 508. The summed E-state index contributed by atoms with van der Waals surface area (Å²) in [4.78, 5) is 11.8. The van der Waals surface area contributed by atoms with Crippen LogP contribution in [0, 0.1) is 28.6 Å². The second-order valence-electron chi connectivity index (χ2n) is 8.61. The molecule has 2 nitrogen and oxygen atoms in total. The van der Waals surface area contributed by atoms with Gasteiger partial charge < -0.3 is 5.11 Å². The molecule has 0 amide bonds. The minimum absolute atomic E-state index is 0.0823. The Morgan fingerprint density at radius 1 is 1.05 bits per heavy atom. The van der Waals surface area contributed by atoms with Crippen molar-refractivity contribution in [2.75, 3.05) is 0 Å². The van der Waals surface area contributed by atoms with Crippen LogP contribution in [-0.4, -0.2) is 17.0 Å². The first-order chi connectivity index (χ1) is 9.95. The van der Waals surface area contributed by atoms with Crippen LogP contribution >= 0.6 is 0 Å². The van der Waals surface area contributed by atoms with Crippen molar-refractivity contribution in [3.63, 3.8) is 0 Å². The minimum atomic E-state index is -0.0823. The summed E-state index contributed by atoms with van der Waals surface area (Å²) in [6, 6.07) is 0. The maximum atomic E-state index is 11.8. The van der Waals surface area contributed by atoms with Crippen LogP contribution in [0.4, 0.5) is 0 Å². The fourth-order valence-electron chi connectivity index (χ4n) is 6.53. The normalized spacial score (nSPS) is 52.7. The third kappa shape index (κ3) is 1.78. The fourth-order valence-corrected chi connectivity index (χ4v) is 6.53. The van der Waals surface area contributed by atoms with Gasteiger partial charge in [-0.3, -0.25) is 4.79 Å². The molecule has 0 radical (unpaired) electrons. The van der Waals surface area contributed by atoms with E-state index >= 15 is 0 Å². The number of aliphatic hydroxyl groups excluding tert-OH is 1. The molecule has 0 saturated heterocycles. The number of hydrogen-bond acceptors (Lipinski definition) is 2. The minimum Gasteiger partial charge on any atom is -0.393 e. The molecule has 4 aliphatic carbocycles. The molecule has 3 fully saturated rings. The highest BCUT2D eigenvalue weighted by atomic mass is 16.3. The summed E-state index contributed by atoms with van der Waals surface area (Å²) in [5.41, 5.74) is 1.89.